The van der Waals surface area contributed by atoms with Crippen molar-refractivity contribution in [1.82, 2.24) is 4.57 Å². The third kappa shape index (κ3) is 2.95. The van der Waals surface area contributed by atoms with Crippen molar-refractivity contribution in [2.75, 3.05) is 0 Å². The normalized spacial score (nSPS) is 10.2. The fourth-order valence-electron chi connectivity index (χ4n) is 2.24. The largest absolute Gasteiger partial charge is 0.303 e. The lowest BCUT2D eigenvalue weighted by Crippen LogP contribution is -2.24. The molecule has 1 aromatic heterocycles. The quantitative estimate of drug-likeness (QED) is 0.806. The molecule has 0 saturated carbocycles. The van der Waals surface area contributed by atoms with Crippen molar-refractivity contribution in [2.45, 2.75) is 27.3 Å². The average molecular weight is 278 g/mol. The molecule has 3 heteroatoms. The molecule has 2 aromatic rings. The maximum Gasteiger partial charge on any atom is 0.269 e. The van der Waals surface area contributed by atoms with Gasteiger partial charge in [-0.3, -0.25) is 4.79 Å². The SMILES string of the molecule is C=C(C)Cn1c(-c2ccc(C)c(C)c2)ccc(C#N)c1=O. The van der Waals surface area contributed by atoms with Crippen LogP contribution < -0.4 is 5.56 Å². The van der Waals surface area contributed by atoms with Crippen LogP contribution in [0.2, 0.25) is 0 Å². The van der Waals surface area contributed by atoms with E-state index in [1.807, 2.05) is 38.1 Å². The molecule has 21 heavy (non-hydrogen) atoms. The Bertz CT molecular complexity index is 807. The Hall–Kier alpha value is -2.60. The predicted molar refractivity (Wildman–Crippen MR) is 85.1 cm³/mol. The highest BCUT2D eigenvalue weighted by molar-refractivity contribution is 5.62. The van der Waals surface area contributed by atoms with E-state index >= 15 is 0 Å². The van der Waals surface area contributed by atoms with Gasteiger partial charge in [0.25, 0.3) is 5.56 Å². The van der Waals surface area contributed by atoms with Crippen LogP contribution in [-0.2, 0) is 6.54 Å². The molecule has 2 rings (SSSR count). The van der Waals surface area contributed by atoms with Gasteiger partial charge in [-0.1, -0.05) is 24.3 Å². The maximum absolute atomic E-state index is 12.4. The van der Waals surface area contributed by atoms with Crippen LogP contribution in [0.5, 0.6) is 0 Å². The highest BCUT2D eigenvalue weighted by atomic mass is 16.1. The Morgan fingerprint density at radius 2 is 1.95 bits per heavy atom. The van der Waals surface area contributed by atoms with Gasteiger partial charge in [0.15, 0.2) is 0 Å². The zero-order valence-corrected chi connectivity index (χ0v) is 12.6. The summed E-state index contributed by atoms with van der Waals surface area (Å²) in [7, 11) is 0. The van der Waals surface area contributed by atoms with Crippen molar-refractivity contribution < 1.29 is 0 Å². The first-order valence-corrected chi connectivity index (χ1v) is 6.80. The van der Waals surface area contributed by atoms with Gasteiger partial charge in [-0.2, -0.15) is 5.26 Å². The molecular weight excluding hydrogens is 260 g/mol. The highest BCUT2D eigenvalue weighted by Gasteiger charge is 2.11. The Morgan fingerprint density at radius 3 is 2.52 bits per heavy atom. The molecule has 0 fully saturated rings. The Balaban J connectivity index is 2.70. The summed E-state index contributed by atoms with van der Waals surface area (Å²) in [6.45, 7) is 10.3. The van der Waals surface area contributed by atoms with Gasteiger partial charge in [0.2, 0.25) is 0 Å². The number of allylic oxidation sites excluding steroid dienone is 1. The first-order valence-electron chi connectivity index (χ1n) is 6.80. The monoisotopic (exact) mass is 278 g/mol. The second kappa shape index (κ2) is 5.80. The molecule has 0 spiro atoms. The minimum absolute atomic E-state index is 0.156. The molecule has 0 aliphatic heterocycles. The second-order valence-corrected chi connectivity index (χ2v) is 5.39. The molecule has 0 atom stereocenters. The van der Waals surface area contributed by atoms with Gasteiger partial charge in [0.05, 0.1) is 5.69 Å². The average Bonchev–Trinajstić information content (AvgIpc) is 2.44. The fourth-order valence-corrected chi connectivity index (χ4v) is 2.24. The molecule has 0 aliphatic rings. The molecule has 0 aliphatic carbocycles. The number of benzene rings is 1. The number of hydrogen-bond acceptors (Lipinski definition) is 2. The number of rotatable bonds is 3. The zero-order chi connectivity index (χ0) is 15.6. The van der Waals surface area contributed by atoms with Gasteiger partial charge >= 0.3 is 0 Å². The first kappa shape index (κ1) is 14.8. The highest BCUT2D eigenvalue weighted by Crippen LogP contribution is 2.22. The zero-order valence-electron chi connectivity index (χ0n) is 12.6. The van der Waals surface area contributed by atoms with E-state index in [-0.39, 0.29) is 11.1 Å². The minimum Gasteiger partial charge on any atom is -0.303 e. The van der Waals surface area contributed by atoms with Gasteiger partial charge < -0.3 is 4.57 Å². The second-order valence-electron chi connectivity index (χ2n) is 5.39. The third-order valence-corrected chi connectivity index (χ3v) is 3.53. The van der Waals surface area contributed by atoms with Crippen molar-refractivity contribution in [1.29, 1.82) is 5.26 Å². The summed E-state index contributed by atoms with van der Waals surface area (Å²) >= 11 is 0. The third-order valence-electron chi connectivity index (χ3n) is 3.53. The summed E-state index contributed by atoms with van der Waals surface area (Å²) in [6.07, 6.45) is 0. The van der Waals surface area contributed by atoms with Gasteiger partial charge in [0, 0.05) is 6.54 Å². The Kier molecular flexibility index (Phi) is 4.09. The molecule has 0 bridgehead atoms. The topological polar surface area (TPSA) is 45.8 Å². The summed E-state index contributed by atoms with van der Waals surface area (Å²) in [5.41, 5.74) is 4.93. The molecule has 106 valence electrons. The molecule has 1 aromatic carbocycles. The van der Waals surface area contributed by atoms with Crippen molar-refractivity contribution >= 4 is 0 Å². The smallest absolute Gasteiger partial charge is 0.269 e. The maximum atomic E-state index is 12.4. The molecule has 0 N–H and O–H groups in total. The van der Waals surface area contributed by atoms with Crippen LogP contribution in [0.15, 0.2) is 47.3 Å². The molecule has 0 saturated heterocycles. The van der Waals surface area contributed by atoms with Crippen molar-refractivity contribution in [3.8, 4) is 17.3 Å². The van der Waals surface area contributed by atoms with E-state index in [1.54, 1.807) is 10.6 Å². The van der Waals surface area contributed by atoms with Gasteiger partial charge in [-0.05, 0) is 55.7 Å². The van der Waals surface area contributed by atoms with Crippen molar-refractivity contribution in [2.24, 2.45) is 0 Å². The summed E-state index contributed by atoms with van der Waals surface area (Å²) < 4.78 is 1.62. The summed E-state index contributed by atoms with van der Waals surface area (Å²) in [4.78, 5) is 12.4. The van der Waals surface area contributed by atoms with Crippen molar-refractivity contribution in [3.05, 3.63) is 69.5 Å². The molecule has 3 nitrogen and oxygen atoms in total. The van der Waals surface area contributed by atoms with Crippen LogP contribution in [-0.4, -0.2) is 4.57 Å². The van der Waals surface area contributed by atoms with Crippen LogP contribution in [0.1, 0.15) is 23.6 Å². The molecule has 1 heterocycles. The Labute approximate surface area is 124 Å². The minimum atomic E-state index is -0.267. The number of nitriles is 1. The molecule has 0 unspecified atom stereocenters. The number of aromatic nitrogens is 1. The van der Waals surface area contributed by atoms with E-state index in [4.69, 9.17) is 5.26 Å². The number of aryl methyl sites for hydroxylation is 2. The fraction of sp³-hybridized carbons (Fsp3) is 0.222. The van der Waals surface area contributed by atoms with Crippen LogP contribution >= 0.6 is 0 Å². The first-order chi connectivity index (χ1) is 9.93. The van der Waals surface area contributed by atoms with Crippen LogP contribution in [0.3, 0.4) is 0 Å². The van der Waals surface area contributed by atoms with Crippen LogP contribution in [0.25, 0.3) is 11.3 Å². The van der Waals surface area contributed by atoms with E-state index in [9.17, 15) is 4.79 Å². The number of pyridine rings is 1. The lowest BCUT2D eigenvalue weighted by atomic mass is 10.0. The van der Waals surface area contributed by atoms with E-state index in [0.29, 0.717) is 6.54 Å². The summed E-state index contributed by atoms with van der Waals surface area (Å²) in [5.74, 6) is 0. The predicted octanol–water partition coefficient (Wildman–Crippen LogP) is 3.58. The lowest BCUT2D eigenvalue weighted by molar-refractivity contribution is 0.755. The standard InChI is InChI=1S/C18H18N2O/c1-12(2)11-20-17(8-7-16(10-19)18(20)21)15-6-5-13(3)14(4)9-15/h5-9H,1,11H2,2-4H3. The van der Waals surface area contributed by atoms with Gasteiger partial charge in [0.1, 0.15) is 11.6 Å². The van der Waals surface area contributed by atoms with Gasteiger partial charge in [-0.15, -0.1) is 0 Å². The molecule has 0 radical (unpaired) electrons. The summed E-state index contributed by atoms with van der Waals surface area (Å²) in [5, 5.41) is 9.03. The van der Waals surface area contributed by atoms with Crippen molar-refractivity contribution in [3.63, 3.8) is 0 Å². The Morgan fingerprint density at radius 1 is 1.24 bits per heavy atom. The summed E-state index contributed by atoms with van der Waals surface area (Å²) in [6, 6.07) is 11.5. The number of hydrogen-bond donors (Lipinski definition) is 0. The van der Waals surface area contributed by atoms with E-state index < -0.39 is 0 Å². The molecule has 0 amide bonds. The van der Waals surface area contributed by atoms with E-state index in [1.165, 1.54) is 11.1 Å². The van der Waals surface area contributed by atoms with Crippen LogP contribution in [0.4, 0.5) is 0 Å². The lowest BCUT2D eigenvalue weighted by Gasteiger charge is -2.14. The number of nitrogens with zero attached hydrogens (tertiary/aromatic N) is 2. The molecular formula is C18H18N2O. The van der Waals surface area contributed by atoms with Crippen LogP contribution in [0, 0.1) is 25.2 Å². The van der Waals surface area contributed by atoms with E-state index in [2.05, 4.69) is 19.6 Å². The van der Waals surface area contributed by atoms with Gasteiger partial charge in [-0.25, -0.2) is 0 Å². The van der Waals surface area contributed by atoms with E-state index in [0.717, 1.165) is 16.8 Å².